The van der Waals surface area contributed by atoms with Crippen molar-refractivity contribution in [2.75, 3.05) is 25.6 Å². The Balaban J connectivity index is 1.89. The van der Waals surface area contributed by atoms with Crippen LogP contribution in [0.4, 0.5) is 5.82 Å². The number of aromatic nitrogens is 4. The molecule has 2 aromatic heterocycles. The molecule has 3 N–H and O–H groups in total. The predicted molar refractivity (Wildman–Crippen MR) is 86.5 cm³/mol. The molecular formula is C15H23N5O3. The molecule has 3 rings (SSSR count). The third kappa shape index (κ3) is 3.47. The van der Waals surface area contributed by atoms with Gasteiger partial charge < -0.3 is 20.2 Å². The number of aromatic amines is 1. The van der Waals surface area contributed by atoms with E-state index in [2.05, 4.69) is 21.9 Å². The van der Waals surface area contributed by atoms with E-state index in [4.69, 9.17) is 15.2 Å². The lowest BCUT2D eigenvalue weighted by molar-refractivity contribution is 0.0484. The molecule has 1 atom stereocenters. The van der Waals surface area contributed by atoms with E-state index in [9.17, 15) is 4.79 Å². The SMILES string of the molecule is CCCCOc1nc(N)c2[nH]c(=O)n(CC3CCCOC3)c2n1. The van der Waals surface area contributed by atoms with E-state index in [0.29, 0.717) is 36.8 Å². The van der Waals surface area contributed by atoms with Crippen LogP contribution in [0.3, 0.4) is 0 Å². The number of nitrogen functional groups attached to an aromatic ring is 1. The van der Waals surface area contributed by atoms with Crippen molar-refractivity contribution in [1.82, 2.24) is 19.5 Å². The molecule has 0 saturated carbocycles. The van der Waals surface area contributed by atoms with Gasteiger partial charge in [0.1, 0.15) is 5.52 Å². The summed E-state index contributed by atoms with van der Waals surface area (Å²) in [6.45, 7) is 4.64. The van der Waals surface area contributed by atoms with E-state index >= 15 is 0 Å². The summed E-state index contributed by atoms with van der Waals surface area (Å²) < 4.78 is 12.6. The standard InChI is InChI=1S/C15H23N5O3/c1-2-3-7-23-14-18-12(16)11-13(19-14)20(15(21)17-11)8-10-5-4-6-22-9-10/h10H,2-9H2,1H3,(H,17,21)(H2,16,18,19). The zero-order valence-electron chi connectivity index (χ0n) is 13.4. The van der Waals surface area contributed by atoms with Gasteiger partial charge >= 0.3 is 11.7 Å². The first kappa shape index (κ1) is 15.8. The van der Waals surface area contributed by atoms with Crippen molar-refractivity contribution in [1.29, 1.82) is 0 Å². The number of imidazole rings is 1. The van der Waals surface area contributed by atoms with Crippen LogP contribution in [-0.4, -0.2) is 39.3 Å². The summed E-state index contributed by atoms with van der Waals surface area (Å²) in [6, 6.07) is 0.219. The maximum Gasteiger partial charge on any atom is 0.327 e. The molecule has 1 aliphatic rings. The summed E-state index contributed by atoms with van der Waals surface area (Å²) in [5.41, 5.74) is 6.68. The number of fused-ring (bicyclic) bond motifs is 1. The molecule has 0 radical (unpaired) electrons. The second-order valence-corrected chi connectivity index (χ2v) is 5.92. The molecule has 0 aliphatic carbocycles. The monoisotopic (exact) mass is 321 g/mol. The molecule has 2 aromatic rings. The van der Waals surface area contributed by atoms with Crippen LogP contribution in [0.2, 0.25) is 0 Å². The number of nitrogens with one attached hydrogen (secondary N) is 1. The molecule has 0 amide bonds. The average Bonchev–Trinajstić information content (AvgIpc) is 2.86. The first-order valence-electron chi connectivity index (χ1n) is 8.15. The summed E-state index contributed by atoms with van der Waals surface area (Å²) in [5.74, 6) is 0.540. The largest absolute Gasteiger partial charge is 0.463 e. The molecule has 23 heavy (non-hydrogen) atoms. The van der Waals surface area contributed by atoms with Crippen molar-refractivity contribution < 1.29 is 9.47 Å². The van der Waals surface area contributed by atoms with Crippen LogP contribution in [0.25, 0.3) is 11.2 Å². The first-order valence-corrected chi connectivity index (χ1v) is 8.15. The Labute approximate surface area is 134 Å². The Morgan fingerprint density at radius 2 is 2.35 bits per heavy atom. The maximum atomic E-state index is 12.2. The minimum absolute atomic E-state index is 0.219. The minimum Gasteiger partial charge on any atom is -0.463 e. The van der Waals surface area contributed by atoms with Gasteiger partial charge in [-0.1, -0.05) is 13.3 Å². The molecule has 0 aromatic carbocycles. The quantitative estimate of drug-likeness (QED) is 0.777. The summed E-state index contributed by atoms with van der Waals surface area (Å²) in [5, 5.41) is 0. The van der Waals surface area contributed by atoms with Crippen LogP contribution in [0, 0.1) is 5.92 Å². The zero-order valence-corrected chi connectivity index (χ0v) is 13.4. The van der Waals surface area contributed by atoms with Gasteiger partial charge in [0.15, 0.2) is 11.5 Å². The van der Waals surface area contributed by atoms with E-state index < -0.39 is 0 Å². The number of H-pyrrole nitrogens is 1. The van der Waals surface area contributed by atoms with E-state index in [1.807, 2.05) is 0 Å². The van der Waals surface area contributed by atoms with Crippen molar-refractivity contribution in [3.63, 3.8) is 0 Å². The molecule has 1 fully saturated rings. The van der Waals surface area contributed by atoms with Crippen LogP contribution in [0.1, 0.15) is 32.6 Å². The molecule has 126 valence electrons. The van der Waals surface area contributed by atoms with Crippen LogP contribution in [0.15, 0.2) is 4.79 Å². The number of ether oxygens (including phenoxy) is 2. The molecular weight excluding hydrogens is 298 g/mol. The number of nitrogens with zero attached hydrogens (tertiary/aromatic N) is 3. The second-order valence-electron chi connectivity index (χ2n) is 5.92. The Morgan fingerprint density at radius 1 is 1.48 bits per heavy atom. The van der Waals surface area contributed by atoms with Crippen molar-refractivity contribution in [3.05, 3.63) is 10.5 Å². The fraction of sp³-hybridized carbons (Fsp3) is 0.667. The van der Waals surface area contributed by atoms with Crippen LogP contribution in [0.5, 0.6) is 6.01 Å². The van der Waals surface area contributed by atoms with E-state index in [1.165, 1.54) is 0 Å². The Kier molecular flexibility index (Phi) is 4.80. The van der Waals surface area contributed by atoms with Gasteiger partial charge in [-0.15, -0.1) is 0 Å². The highest BCUT2D eigenvalue weighted by Gasteiger charge is 2.20. The fourth-order valence-electron chi connectivity index (χ4n) is 2.78. The summed E-state index contributed by atoms with van der Waals surface area (Å²) in [6.07, 6.45) is 4.00. The topological polar surface area (TPSA) is 108 Å². The van der Waals surface area contributed by atoms with Gasteiger partial charge in [0.2, 0.25) is 0 Å². The molecule has 8 nitrogen and oxygen atoms in total. The zero-order chi connectivity index (χ0) is 16.2. The normalized spacial score (nSPS) is 18.4. The molecule has 1 aliphatic heterocycles. The highest BCUT2D eigenvalue weighted by Crippen LogP contribution is 2.21. The highest BCUT2D eigenvalue weighted by molar-refractivity contribution is 5.81. The Hall–Kier alpha value is -2.09. The number of hydrogen-bond donors (Lipinski definition) is 2. The van der Waals surface area contributed by atoms with Crippen molar-refractivity contribution in [3.8, 4) is 6.01 Å². The van der Waals surface area contributed by atoms with Crippen molar-refractivity contribution in [2.24, 2.45) is 5.92 Å². The average molecular weight is 321 g/mol. The predicted octanol–water partition coefficient (Wildman–Crippen LogP) is 1.31. The molecule has 0 spiro atoms. The third-order valence-electron chi connectivity index (χ3n) is 4.05. The van der Waals surface area contributed by atoms with Gasteiger partial charge in [-0.2, -0.15) is 9.97 Å². The van der Waals surface area contributed by atoms with Gasteiger partial charge in [0.25, 0.3) is 0 Å². The lowest BCUT2D eigenvalue weighted by atomic mass is 10.0. The van der Waals surface area contributed by atoms with Crippen LogP contribution in [-0.2, 0) is 11.3 Å². The van der Waals surface area contributed by atoms with Gasteiger partial charge in [-0.3, -0.25) is 4.57 Å². The minimum atomic E-state index is -0.225. The smallest absolute Gasteiger partial charge is 0.327 e. The number of unbranched alkanes of at least 4 members (excludes halogenated alkanes) is 1. The second kappa shape index (κ2) is 6.99. The summed E-state index contributed by atoms with van der Waals surface area (Å²) >= 11 is 0. The number of nitrogens with two attached hydrogens (primary N) is 1. The Bertz CT molecular complexity index is 718. The number of anilines is 1. The maximum absolute atomic E-state index is 12.2. The van der Waals surface area contributed by atoms with Crippen molar-refractivity contribution >= 4 is 17.0 Å². The Morgan fingerprint density at radius 3 is 3.09 bits per heavy atom. The van der Waals surface area contributed by atoms with E-state index in [-0.39, 0.29) is 17.5 Å². The lowest BCUT2D eigenvalue weighted by Gasteiger charge is -2.22. The number of hydrogen-bond acceptors (Lipinski definition) is 6. The van der Waals surface area contributed by atoms with E-state index in [0.717, 1.165) is 32.3 Å². The molecule has 1 saturated heterocycles. The highest BCUT2D eigenvalue weighted by atomic mass is 16.5. The molecule has 3 heterocycles. The fourth-order valence-corrected chi connectivity index (χ4v) is 2.78. The number of rotatable bonds is 6. The van der Waals surface area contributed by atoms with Gasteiger partial charge in [-0.05, 0) is 19.3 Å². The van der Waals surface area contributed by atoms with Gasteiger partial charge in [0.05, 0.1) is 13.2 Å². The van der Waals surface area contributed by atoms with Crippen LogP contribution >= 0.6 is 0 Å². The molecule has 1 unspecified atom stereocenters. The van der Waals surface area contributed by atoms with Gasteiger partial charge in [0, 0.05) is 19.1 Å². The third-order valence-corrected chi connectivity index (χ3v) is 4.05. The van der Waals surface area contributed by atoms with Gasteiger partial charge in [-0.25, -0.2) is 4.79 Å². The first-order chi connectivity index (χ1) is 11.2. The molecule has 0 bridgehead atoms. The summed E-state index contributed by atoms with van der Waals surface area (Å²) in [4.78, 5) is 23.5. The summed E-state index contributed by atoms with van der Waals surface area (Å²) in [7, 11) is 0. The lowest BCUT2D eigenvalue weighted by Crippen LogP contribution is -2.27. The molecule has 8 heteroatoms. The van der Waals surface area contributed by atoms with Crippen molar-refractivity contribution in [2.45, 2.75) is 39.2 Å². The van der Waals surface area contributed by atoms with Crippen LogP contribution < -0.4 is 16.2 Å². The van der Waals surface area contributed by atoms with E-state index in [1.54, 1.807) is 4.57 Å².